The molecule has 2 rings (SSSR count). The van der Waals surface area contributed by atoms with Gasteiger partial charge in [0.15, 0.2) is 0 Å². The molecule has 1 N–H and O–H groups in total. The van der Waals surface area contributed by atoms with Crippen LogP contribution in [0.15, 0.2) is 18.2 Å². The van der Waals surface area contributed by atoms with Gasteiger partial charge in [0.2, 0.25) is 0 Å². The Morgan fingerprint density at radius 1 is 1.47 bits per heavy atom. The lowest BCUT2D eigenvalue weighted by Gasteiger charge is -2.34. The summed E-state index contributed by atoms with van der Waals surface area (Å²) in [6.07, 6.45) is 0.295. The van der Waals surface area contributed by atoms with Crippen LogP contribution in [0.2, 0.25) is 0 Å². The van der Waals surface area contributed by atoms with Crippen LogP contribution in [0.25, 0.3) is 0 Å². The Balaban J connectivity index is 2.25. The summed E-state index contributed by atoms with van der Waals surface area (Å²) in [5.74, 6) is 0.190. The topological polar surface area (TPSA) is 48.3 Å². The number of nitrogens with one attached hydrogen (secondary N) is 1. The summed E-state index contributed by atoms with van der Waals surface area (Å²) in [6, 6.07) is 6.82. The smallest absolute Gasteiger partial charge is 0.131 e. The second-order valence-electron chi connectivity index (χ2n) is 4.55. The van der Waals surface area contributed by atoms with E-state index < -0.39 is 0 Å². The van der Waals surface area contributed by atoms with Crippen molar-refractivity contribution in [3.8, 4) is 11.8 Å². The van der Waals surface area contributed by atoms with Gasteiger partial charge in [0, 0.05) is 37.8 Å². The lowest BCUT2D eigenvalue weighted by molar-refractivity contribution is 0.172. The van der Waals surface area contributed by atoms with Crippen LogP contribution < -0.4 is 10.1 Å². The van der Waals surface area contributed by atoms with Crippen LogP contribution in [0.4, 0.5) is 4.39 Å². The molecule has 1 aromatic rings. The van der Waals surface area contributed by atoms with Crippen LogP contribution in [0.1, 0.15) is 18.0 Å². The van der Waals surface area contributed by atoms with Crippen molar-refractivity contribution in [2.45, 2.75) is 12.5 Å². The normalized spacial score (nSPS) is 17.7. The van der Waals surface area contributed by atoms with E-state index >= 15 is 0 Å². The molecule has 0 spiro atoms. The SMILES string of the molecule is COc1ccc([C@@H](CC#N)N2CCNCC2)c(F)c1. The first-order chi connectivity index (χ1) is 9.26. The zero-order chi connectivity index (χ0) is 13.7. The Kier molecular flexibility index (Phi) is 4.72. The number of rotatable bonds is 4. The van der Waals surface area contributed by atoms with Gasteiger partial charge in [-0.05, 0) is 6.07 Å². The number of benzene rings is 1. The van der Waals surface area contributed by atoms with Gasteiger partial charge in [-0.15, -0.1) is 0 Å². The number of nitriles is 1. The van der Waals surface area contributed by atoms with Gasteiger partial charge >= 0.3 is 0 Å². The third kappa shape index (κ3) is 3.22. The van der Waals surface area contributed by atoms with Crippen molar-refractivity contribution >= 4 is 0 Å². The monoisotopic (exact) mass is 263 g/mol. The van der Waals surface area contributed by atoms with Crippen molar-refractivity contribution in [2.75, 3.05) is 33.3 Å². The first-order valence-corrected chi connectivity index (χ1v) is 6.41. The third-order valence-corrected chi connectivity index (χ3v) is 3.44. The van der Waals surface area contributed by atoms with Crippen molar-refractivity contribution in [3.05, 3.63) is 29.6 Å². The van der Waals surface area contributed by atoms with Crippen molar-refractivity contribution in [1.82, 2.24) is 10.2 Å². The number of methoxy groups -OCH3 is 1. The molecule has 0 amide bonds. The predicted octanol–water partition coefficient (Wildman–Crippen LogP) is 1.69. The minimum absolute atomic E-state index is 0.182. The van der Waals surface area contributed by atoms with E-state index in [1.54, 1.807) is 12.1 Å². The molecule has 4 nitrogen and oxygen atoms in total. The summed E-state index contributed by atoms with van der Waals surface area (Å²) < 4.78 is 19.1. The first-order valence-electron chi connectivity index (χ1n) is 6.41. The lowest BCUT2D eigenvalue weighted by atomic mass is 10.0. The molecular weight excluding hydrogens is 245 g/mol. The summed E-state index contributed by atoms with van der Waals surface area (Å²) in [5, 5.41) is 12.2. The van der Waals surface area contributed by atoms with Gasteiger partial charge < -0.3 is 10.1 Å². The molecule has 0 bridgehead atoms. The van der Waals surface area contributed by atoms with E-state index in [0.29, 0.717) is 17.7 Å². The molecule has 1 atom stereocenters. The fraction of sp³-hybridized carbons (Fsp3) is 0.500. The maximum absolute atomic E-state index is 14.1. The Hall–Kier alpha value is -1.64. The molecule has 19 heavy (non-hydrogen) atoms. The van der Waals surface area contributed by atoms with E-state index in [2.05, 4.69) is 16.3 Å². The lowest BCUT2D eigenvalue weighted by Crippen LogP contribution is -2.45. The van der Waals surface area contributed by atoms with E-state index in [-0.39, 0.29) is 11.9 Å². The molecule has 5 heteroatoms. The molecule has 1 aromatic carbocycles. The standard InChI is InChI=1S/C14H18FN3O/c1-19-11-2-3-12(13(15)10-11)14(4-5-16)18-8-6-17-7-9-18/h2-3,10,14,17H,4,6-9H2,1H3/t14-/m1/s1. The van der Waals surface area contributed by atoms with Crippen LogP contribution in [0, 0.1) is 17.1 Å². The number of hydrogen-bond acceptors (Lipinski definition) is 4. The van der Waals surface area contributed by atoms with Gasteiger partial charge in [0.25, 0.3) is 0 Å². The predicted molar refractivity (Wildman–Crippen MR) is 70.4 cm³/mol. The van der Waals surface area contributed by atoms with Crippen molar-refractivity contribution < 1.29 is 9.13 Å². The fourth-order valence-corrected chi connectivity index (χ4v) is 2.42. The van der Waals surface area contributed by atoms with E-state index in [1.165, 1.54) is 13.2 Å². The molecule has 0 saturated carbocycles. The molecule has 0 aromatic heterocycles. The zero-order valence-corrected chi connectivity index (χ0v) is 11.0. The van der Waals surface area contributed by atoms with Gasteiger partial charge in [-0.2, -0.15) is 5.26 Å². The van der Waals surface area contributed by atoms with Crippen LogP contribution in [-0.2, 0) is 0 Å². The molecule has 0 unspecified atom stereocenters. The Labute approximate surface area is 112 Å². The maximum Gasteiger partial charge on any atom is 0.131 e. The van der Waals surface area contributed by atoms with Gasteiger partial charge in [-0.1, -0.05) is 6.07 Å². The molecule has 1 aliphatic heterocycles. The molecule has 0 aliphatic carbocycles. The highest BCUT2D eigenvalue weighted by Gasteiger charge is 2.24. The highest BCUT2D eigenvalue weighted by atomic mass is 19.1. The van der Waals surface area contributed by atoms with Gasteiger partial charge in [0.05, 0.1) is 25.6 Å². The first kappa shape index (κ1) is 13.8. The fourth-order valence-electron chi connectivity index (χ4n) is 2.42. The van der Waals surface area contributed by atoms with Crippen LogP contribution in [0.5, 0.6) is 5.75 Å². The third-order valence-electron chi connectivity index (χ3n) is 3.44. The second kappa shape index (κ2) is 6.50. The summed E-state index contributed by atoms with van der Waals surface area (Å²) in [4.78, 5) is 2.16. The quantitative estimate of drug-likeness (QED) is 0.898. The van der Waals surface area contributed by atoms with Crippen molar-refractivity contribution in [3.63, 3.8) is 0 Å². The van der Waals surface area contributed by atoms with Gasteiger partial charge in [0.1, 0.15) is 11.6 Å². The average molecular weight is 263 g/mol. The minimum Gasteiger partial charge on any atom is -0.497 e. The maximum atomic E-state index is 14.1. The zero-order valence-electron chi connectivity index (χ0n) is 11.0. The van der Waals surface area contributed by atoms with E-state index in [9.17, 15) is 4.39 Å². The number of hydrogen-bond donors (Lipinski definition) is 1. The summed E-state index contributed by atoms with van der Waals surface area (Å²) in [5.41, 5.74) is 0.573. The Morgan fingerprint density at radius 2 is 2.21 bits per heavy atom. The highest BCUT2D eigenvalue weighted by molar-refractivity contribution is 5.31. The second-order valence-corrected chi connectivity index (χ2v) is 4.55. The van der Waals surface area contributed by atoms with Gasteiger partial charge in [-0.3, -0.25) is 4.90 Å². The molecule has 1 fully saturated rings. The number of nitrogens with zero attached hydrogens (tertiary/aromatic N) is 2. The summed E-state index contributed by atoms with van der Waals surface area (Å²) in [6.45, 7) is 3.41. The van der Waals surface area contributed by atoms with Crippen LogP contribution in [-0.4, -0.2) is 38.2 Å². The summed E-state index contributed by atoms with van der Waals surface area (Å²) >= 11 is 0. The van der Waals surface area contributed by atoms with E-state index in [0.717, 1.165) is 26.2 Å². The molecule has 1 heterocycles. The molecule has 0 radical (unpaired) electrons. The molecule has 1 aliphatic rings. The van der Waals surface area contributed by atoms with E-state index in [4.69, 9.17) is 10.00 Å². The van der Waals surface area contributed by atoms with Crippen LogP contribution >= 0.6 is 0 Å². The Morgan fingerprint density at radius 3 is 2.79 bits per heavy atom. The molecule has 1 saturated heterocycles. The van der Waals surface area contributed by atoms with Crippen molar-refractivity contribution in [1.29, 1.82) is 5.26 Å². The molecule has 102 valence electrons. The Bertz CT molecular complexity index is 466. The van der Waals surface area contributed by atoms with E-state index in [1.807, 2.05) is 0 Å². The number of ether oxygens (including phenoxy) is 1. The van der Waals surface area contributed by atoms with Gasteiger partial charge in [-0.25, -0.2) is 4.39 Å². The average Bonchev–Trinajstić information content (AvgIpc) is 2.46. The highest BCUT2D eigenvalue weighted by Crippen LogP contribution is 2.28. The van der Waals surface area contributed by atoms with Crippen LogP contribution in [0.3, 0.4) is 0 Å². The summed E-state index contributed by atoms with van der Waals surface area (Å²) in [7, 11) is 1.51. The number of halogens is 1. The van der Waals surface area contributed by atoms with Crippen molar-refractivity contribution in [2.24, 2.45) is 0 Å². The number of piperazine rings is 1. The molecular formula is C14H18FN3O. The largest absolute Gasteiger partial charge is 0.497 e. The minimum atomic E-state index is -0.307.